The van der Waals surface area contributed by atoms with E-state index < -0.39 is 136 Å². The first kappa shape index (κ1) is 37.1. The fraction of sp³-hybridized carbons (Fsp3) is 0.913. The highest BCUT2D eigenvalue weighted by molar-refractivity contribution is 5.76. The van der Waals surface area contributed by atoms with Crippen LogP contribution in [0.4, 0.5) is 0 Å². The van der Waals surface area contributed by atoms with Crippen molar-refractivity contribution in [2.75, 3.05) is 19.8 Å². The lowest BCUT2D eigenvalue weighted by Gasteiger charge is -2.48. The Morgan fingerprint density at radius 1 is 1.02 bits per heavy atom. The van der Waals surface area contributed by atoms with Gasteiger partial charge in [-0.2, -0.15) is 0 Å². The number of nitrogens with one attached hydrogen (secondary N) is 1. The van der Waals surface area contributed by atoms with Crippen LogP contribution in [0.25, 0.3) is 10.4 Å². The molecule has 258 valence electrons. The normalized spacial score (nSPS) is 43.5. The van der Waals surface area contributed by atoms with Crippen molar-refractivity contribution in [3.05, 3.63) is 10.4 Å². The molecule has 22 nitrogen and oxygen atoms in total. The van der Waals surface area contributed by atoms with Crippen molar-refractivity contribution in [2.45, 2.75) is 111 Å². The Morgan fingerprint density at radius 3 is 2.24 bits per heavy atom. The molecule has 0 bridgehead atoms. The maximum absolute atomic E-state index is 12.4. The van der Waals surface area contributed by atoms with Crippen LogP contribution in [-0.2, 0) is 33.3 Å². The van der Waals surface area contributed by atoms with Crippen LogP contribution < -0.4 is 5.32 Å². The first-order chi connectivity index (χ1) is 21.1. The van der Waals surface area contributed by atoms with Crippen LogP contribution in [0.2, 0.25) is 0 Å². The van der Waals surface area contributed by atoms with Gasteiger partial charge < -0.3 is 85.2 Å². The highest BCUT2D eigenvalue weighted by Gasteiger charge is 2.57. The van der Waals surface area contributed by atoms with Gasteiger partial charge >= 0.3 is 5.97 Å². The minimum Gasteiger partial charge on any atom is -0.477 e. The van der Waals surface area contributed by atoms with E-state index in [9.17, 15) is 65.8 Å². The monoisotopic (exact) mass is 658 g/mol. The van der Waals surface area contributed by atoms with Crippen LogP contribution in [0.15, 0.2) is 5.11 Å². The Hall–Kier alpha value is -2.35. The molecule has 16 atom stereocenters. The average Bonchev–Trinajstić information content (AvgIpc) is 3.00. The van der Waals surface area contributed by atoms with Crippen LogP contribution in [0.1, 0.15) is 13.3 Å². The van der Waals surface area contributed by atoms with Gasteiger partial charge in [-0.05, 0) is 5.53 Å². The minimum absolute atomic E-state index is 0.725. The molecule has 3 aliphatic rings. The maximum atomic E-state index is 12.4. The molecular formula is C23H38N4O18. The summed E-state index contributed by atoms with van der Waals surface area (Å²) in [4.78, 5) is 26.5. The predicted octanol–water partition coefficient (Wildman–Crippen LogP) is -6.91. The number of aliphatic hydroxyl groups is 10. The van der Waals surface area contributed by atoms with E-state index in [-0.39, 0.29) is 0 Å². The Kier molecular flexibility index (Phi) is 12.8. The molecule has 0 aliphatic carbocycles. The van der Waals surface area contributed by atoms with Gasteiger partial charge in [-0.15, -0.1) is 0 Å². The van der Waals surface area contributed by atoms with Crippen molar-refractivity contribution >= 4 is 11.9 Å². The van der Waals surface area contributed by atoms with E-state index in [1.807, 2.05) is 0 Å². The fourth-order valence-electron chi connectivity index (χ4n) is 5.20. The van der Waals surface area contributed by atoms with Gasteiger partial charge in [0.2, 0.25) is 5.91 Å². The fourth-order valence-corrected chi connectivity index (χ4v) is 5.20. The molecule has 3 saturated heterocycles. The zero-order valence-electron chi connectivity index (χ0n) is 23.6. The van der Waals surface area contributed by atoms with E-state index in [0.29, 0.717) is 0 Å². The molecule has 3 fully saturated rings. The highest BCUT2D eigenvalue weighted by Crippen LogP contribution is 2.35. The van der Waals surface area contributed by atoms with E-state index in [2.05, 4.69) is 15.3 Å². The van der Waals surface area contributed by atoms with Crippen molar-refractivity contribution in [1.29, 1.82) is 0 Å². The molecule has 1 unspecified atom stereocenters. The Bertz CT molecular complexity index is 1070. The minimum atomic E-state index is -2.84. The third kappa shape index (κ3) is 7.97. The highest BCUT2D eigenvalue weighted by atomic mass is 16.8. The second kappa shape index (κ2) is 15.5. The lowest BCUT2D eigenvalue weighted by Crippen LogP contribution is -2.68. The van der Waals surface area contributed by atoms with Crippen LogP contribution in [0, 0.1) is 0 Å². The zero-order chi connectivity index (χ0) is 33.8. The number of rotatable bonds is 12. The van der Waals surface area contributed by atoms with E-state index in [1.165, 1.54) is 0 Å². The molecule has 3 heterocycles. The second-order valence-electron chi connectivity index (χ2n) is 10.7. The van der Waals surface area contributed by atoms with Gasteiger partial charge in [0.25, 0.3) is 5.79 Å². The summed E-state index contributed by atoms with van der Waals surface area (Å²) >= 11 is 0. The first-order valence-corrected chi connectivity index (χ1v) is 13.6. The molecule has 12 N–H and O–H groups in total. The number of hydrogen-bond acceptors (Lipinski definition) is 18. The number of ether oxygens (including phenoxy) is 5. The van der Waals surface area contributed by atoms with Crippen LogP contribution in [0.5, 0.6) is 0 Å². The predicted molar refractivity (Wildman–Crippen MR) is 137 cm³/mol. The van der Waals surface area contributed by atoms with Gasteiger partial charge in [-0.1, -0.05) is 5.11 Å². The molecule has 22 heteroatoms. The maximum Gasteiger partial charge on any atom is 0.364 e. The van der Waals surface area contributed by atoms with Crippen molar-refractivity contribution in [3.8, 4) is 0 Å². The molecule has 1 amide bonds. The van der Waals surface area contributed by atoms with Crippen molar-refractivity contribution in [1.82, 2.24) is 5.32 Å². The number of carbonyl (C=O) groups excluding carboxylic acids is 1. The summed E-state index contributed by atoms with van der Waals surface area (Å²) in [6.45, 7) is -1.80. The van der Waals surface area contributed by atoms with Crippen molar-refractivity contribution in [3.63, 3.8) is 0 Å². The summed E-state index contributed by atoms with van der Waals surface area (Å²) in [5.74, 6) is -5.45. The lowest BCUT2D eigenvalue weighted by molar-refractivity contribution is -0.356. The second-order valence-corrected chi connectivity index (χ2v) is 10.7. The third-order valence-electron chi connectivity index (χ3n) is 7.63. The summed E-state index contributed by atoms with van der Waals surface area (Å²) in [5, 5.41) is 118. The van der Waals surface area contributed by atoms with E-state index in [4.69, 9.17) is 29.2 Å². The number of nitrogens with zero attached hydrogens (tertiary/aromatic N) is 3. The van der Waals surface area contributed by atoms with Gasteiger partial charge in [0.1, 0.15) is 67.1 Å². The number of carboxylic acid groups (broad SMARTS) is 1. The SMILES string of the molecule is CC(=O)N[C@H]1[C@H]([C@H](O)[C@H](O)CO)O[C@@](OC[C@H]2O[C@@H](O[C@H]3[C@H](O)[C@@H](O)C(N=[N+]=[N-])O[C@@H]3CO)[C@H](O)[C@@H](O)[C@H]2O)(C(=O)O)C[C@@H]1O. The Labute approximate surface area is 253 Å². The number of carbonyl (C=O) groups is 2. The molecule has 0 saturated carbocycles. The molecule has 0 aromatic heterocycles. The van der Waals surface area contributed by atoms with Crippen LogP contribution >= 0.6 is 0 Å². The van der Waals surface area contributed by atoms with Gasteiger partial charge in [-0.25, -0.2) is 4.79 Å². The van der Waals surface area contributed by atoms with Gasteiger partial charge in [0, 0.05) is 18.3 Å². The molecule has 45 heavy (non-hydrogen) atoms. The first-order valence-electron chi connectivity index (χ1n) is 13.6. The summed E-state index contributed by atoms with van der Waals surface area (Å²) in [7, 11) is 0. The molecule has 0 radical (unpaired) electrons. The van der Waals surface area contributed by atoms with E-state index in [1.54, 1.807) is 0 Å². The van der Waals surface area contributed by atoms with Crippen LogP contribution in [-0.4, -0.2) is 185 Å². The smallest absolute Gasteiger partial charge is 0.364 e. The number of aliphatic hydroxyl groups excluding tert-OH is 10. The van der Waals surface area contributed by atoms with Crippen LogP contribution in [0.3, 0.4) is 0 Å². The topological polar surface area (TPSA) is 364 Å². The van der Waals surface area contributed by atoms with Gasteiger partial charge in [0.15, 0.2) is 12.5 Å². The average molecular weight is 659 g/mol. The van der Waals surface area contributed by atoms with E-state index in [0.717, 1.165) is 6.92 Å². The zero-order valence-corrected chi connectivity index (χ0v) is 23.6. The van der Waals surface area contributed by atoms with Gasteiger partial charge in [0.05, 0.1) is 32.0 Å². The number of carboxylic acids is 1. The van der Waals surface area contributed by atoms with Crippen molar-refractivity contribution in [2.24, 2.45) is 5.11 Å². The summed E-state index contributed by atoms with van der Waals surface area (Å²) in [6.07, 6.45) is -26.8. The summed E-state index contributed by atoms with van der Waals surface area (Å²) in [5.41, 5.74) is 8.63. The summed E-state index contributed by atoms with van der Waals surface area (Å²) in [6, 6.07) is -1.49. The number of aliphatic carboxylic acids is 1. The standard InChI is InChI=1S/C23H38N4O18/c1-6(30)25-11-7(31)2-23(22(39)40,45-19(11)12(33)8(32)3-28)41-5-10-13(34)14(35)17(38)21(43-10)44-18-9(4-29)42-20(26-27-24)16(37)15(18)36/h7-21,28-29,31-38H,2-5H2,1H3,(H,25,30)(H,39,40)/t7-,8+,9+,10+,11+,12+,13-,14-,15+,16+,17+,18+,19+,20?,21-,23+/m0/s1. The Morgan fingerprint density at radius 2 is 1.69 bits per heavy atom. The summed E-state index contributed by atoms with van der Waals surface area (Å²) < 4.78 is 27.1. The lowest BCUT2D eigenvalue weighted by atomic mass is 9.88. The molecule has 0 aromatic carbocycles. The number of azide groups is 1. The number of amides is 1. The Balaban J connectivity index is 1.82. The van der Waals surface area contributed by atoms with Gasteiger partial charge in [-0.3, -0.25) is 4.79 Å². The number of hydrogen-bond donors (Lipinski definition) is 12. The van der Waals surface area contributed by atoms with E-state index >= 15 is 0 Å². The molecule has 3 aliphatic heterocycles. The molecule has 3 rings (SSSR count). The quantitative estimate of drug-likeness (QED) is 0.0526. The third-order valence-corrected chi connectivity index (χ3v) is 7.63. The molecule has 0 spiro atoms. The largest absolute Gasteiger partial charge is 0.477 e. The van der Waals surface area contributed by atoms with Crippen molar-refractivity contribution < 1.29 is 89.4 Å². The molecule has 0 aromatic rings. The molecular weight excluding hydrogens is 620 g/mol.